The van der Waals surface area contributed by atoms with Crippen molar-refractivity contribution in [3.8, 4) is 17.2 Å². The van der Waals surface area contributed by atoms with Crippen molar-refractivity contribution in [2.24, 2.45) is 0 Å². The largest absolute Gasteiger partial charge is 0.497 e. The van der Waals surface area contributed by atoms with Gasteiger partial charge < -0.3 is 20.1 Å². The van der Waals surface area contributed by atoms with E-state index in [2.05, 4.69) is 10.6 Å². The molecule has 0 aliphatic carbocycles. The molecule has 0 aliphatic heterocycles. The second kappa shape index (κ2) is 9.05. The number of ether oxygens (including phenoxy) is 2. The molecule has 0 aromatic heterocycles. The quantitative estimate of drug-likeness (QED) is 0.281. The topological polar surface area (TPSA) is 103 Å². The van der Waals surface area contributed by atoms with Crippen molar-refractivity contribution >= 4 is 33.9 Å². The van der Waals surface area contributed by atoms with Crippen LogP contribution in [0.1, 0.15) is 0 Å². The van der Waals surface area contributed by atoms with Crippen LogP contribution < -0.4 is 20.1 Å². The van der Waals surface area contributed by atoms with E-state index in [0.717, 1.165) is 10.8 Å². The van der Waals surface area contributed by atoms with Crippen LogP contribution in [-0.2, 0) is 0 Å². The van der Waals surface area contributed by atoms with Crippen LogP contribution in [0.5, 0.6) is 17.2 Å². The van der Waals surface area contributed by atoms with Crippen LogP contribution >= 0.6 is 0 Å². The highest BCUT2D eigenvalue weighted by molar-refractivity contribution is 6.07. The van der Waals surface area contributed by atoms with E-state index >= 15 is 0 Å². The Morgan fingerprint density at radius 2 is 1.47 bits per heavy atom. The number of fused-ring (bicyclic) bond motifs is 1. The Morgan fingerprint density at radius 3 is 2.16 bits per heavy atom. The Balaban J connectivity index is 1.54. The Labute approximate surface area is 183 Å². The fourth-order valence-corrected chi connectivity index (χ4v) is 3.20. The van der Waals surface area contributed by atoms with Gasteiger partial charge in [0.05, 0.1) is 17.7 Å². The summed E-state index contributed by atoms with van der Waals surface area (Å²) < 4.78 is 11.1. The van der Waals surface area contributed by atoms with Gasteiger partial charge >= 0.3 is 6.03 Å². The van der Waals surface area contributed by atoms with Crippen molar-refractivity contribution in [1.82, 2.24) is 0 Å². The maximum Gasteiger partial charge on any atom is 0.323 e. The minimum absolute atomic E-state index is 0.00960. The number of hydrogen-bond acceptors (Lipinski definition) is 5. The van der Waals surface area contributed by atoms with Crippen molar-refractivity contribution in [3.05, 3.63) is 95.0 Å². The molecule has 8 heteroatoms. The summed E-state index contributed by atoms with van der Waals surface area (Å²) in [5, 5.41) is 18.1. The van der Waals surface area contributed by atoms with Crippen LogP contribution in [0, 0.1) is 10.1 Å². The number of non-ortho nitro benzene ring substituents is 1. The Morgan fingerprint density at radius 1 is 0.812 bits per heavy atom. The van der Waals surface area contributed by atoms with Gasteiger partial charge in [-0.3, -0.25) is 10.1 Å². The summed E-state index contributed by atoms with van der Waals surface area (Å²) in [6, 6.07) is 23.5. The number of urea groups is 1. The molecule has 2 amide bonds. The number of rotatable bonds is 6. The molecule has 0 fully saturated rings. The second-order valence-corrected chi connectivity index (χ2v) is 6.82. The maximum atomic E-state index is 12.5. The molecule has 0 atom stereocenters. The van der Waals surface area contributed by atoms with Crippen molar-refractivity contribution in [3.63, 3.8) is 0 Å². The van der Waals surface area contributed by atoms with Crippen LogP contribution in [0.2, 0.25) is 0 Å². The Bertz CT molecular complexity index is 1270. The number of benzene rings is 4. The van der Waals surface area contributed by atoms with Gasteiger partial charge in [-0.2, -0.15) is 0 Å². The van der Waals surface area contributed by atoms with Gasteiger partial charge in [-0.1, -0.05) is 24.3 Å². The first kappa shape index (κ1) is 20.7. The van der Waals surface area contributed by atoms with E-state index in [1.165, 1.54) is 12.1 Å². The average molecular weight is 429 g/mol. The molecule has 4 aromatic carbocycles. The fraction of sp³-hybridized carbons (Fsp3) is 0.0417. The van der Waals surface area contributed by atoms with Gasteiger partial charge in [-0.05, 0) is 48.5 Å². The minimum atomic E-state index is -0.462. The number of carbonyl (C=O) groups is 1. The van der Waals surface area contributed by atoms with Gasteiger partial charge in [0.1, 0.15) is 17.2 Å². The molecule has 0 spiro atoms. The monoisotopic (exact) mass is 429 g/mol. The number of hydrogen-bond donors (Lipinski definition) is 2. The molecule has 0 radical (unpaired) electrons. The van der Waals surface area contributed by atoms with E-state index in [-0.39, 0.29) is 11.7 Å². The third-order valence-corrected chi connectivity index (χ3v) is 4.75. The first-order valence-corrected chi connectivity index (χ1v) is 9.69. The minimum Gasteiger partial charge on any atom is -0.497 e. The average Bonchev–Trinajstić information content (AvgIpc) is 2.80. The van der Waals surface area contributed by atoms with E-state index < -0.39 is 4.92 Å². The second-order valence-electron chi connectivity index (χ2n) is 6.82. The summed E-state index contributed by atoms with van der Waals surface area (Å²) in [4.78, 5) is 22.9. The van der Waals surface area contributed by atoms with Crippen LogP contribution in [0.4, 0.5) is 21.9 Å². The van der Waals surface area contributed by atoms with Gasteiger partial charge in [0.25, 0.3) is 5.69 Å². The van der Waals surface area contributed by atoms with Crippen LogP contribution in [0.15, 0.2) is 84.9 Å². The number of carbonyl (C=O) groups excluding carboxylic acids is 1. The standard InChI is InChI=1S/C24H19N3O5/c1-31-18-12-8-16(9-13-18)25-24(28)26-22-6-2-5-21-20(22)4-3-7-23(21)32-19-14-10-17(11-15-19)27(29)30/h2-15H,1H3,(H2,25,26,28). The molecule has 0 bridgehead atoms. The number of nitrogens with one attached hydrogen (secondary N) is 2. The molecule has 2 N–H and O–H groups in total. The van der Waals surface area contributed by atoms with E-state index in [1.807, 2.05) is 24.3 Å². The summed E-state index contributed by atoms with van der Waals surface area (Å²) in [6.45, 7) is 0. The number of nitrogens with zero attached hydrogens (tertiary/aromatic N) is 1. The first-order valence-electron chi connectivity index (χ1n) is 9.69. The van der Waals surface area contributed by atoms with Gasteiger partial charge in [0.2, 0.25) is 0 Å². The zero-order valence-electron chi connectivity index (χ0n) is 17.1. The molecule has 32 heavy (non-hydrogen) atoms. The zero-order chi connectivity index (χ0) is 22.5. The zero-order valence-corrected chi connectivity index (χ0v) is 17.1. The Hall–Kier alpha value is -4.59. The number of nitro benzene ring substituents is 1. The lowest BCUT2D eigenvalue weighted by atomic mass is 10.1. The Kier molecular flexibility index (Phi) is 5.85. The van der Waals surface area contributed by atoms with Crippen molar-refractivity contribution in [2.45, 2.75) is 0 Å². The highest BCUT2D eigenvalue weighted by atomic mass is 16.6. The highest BCUT2D eigenvalue weighted by Gasteiger charge is 2.11. The number of amides is 2. The molecule has 0 saturated carbocycles. The SMILES string of the molecule is COc1ccc(NC(=O)Nc2cccc3c(Oc4ccc([N+](=O)[O-])cc4)cccc23)cc1. The van der Waals surface area contributed by atoms with Crippen LogP contribution in [-0.4, -0.2) is 18.1 Å². The molecule has 0 aliphatic rings. The normalized spacial score (nSPS) is 10.4. The predicted octanol–water partition coefficient (Wildman–Crippen LogP) is 6.19. The fourth-order valence-electron chi connectivity index (χ4n) is 3.20. The van der Waals surface area contributed by atoms with Crippen molar-refractivity contribution in [2.75, 3.05) is 17.7 Å². The smallest absolute Gasteiger partial charge is 0.323 e. The maximum absolute atomic E-state index is 12.5. The molecule has 8 nitrogen and oxygen atoms in total. The highest BCUT2D eigenvalue weighted by Crippen LogP contribution is 2.34. The molecule has 160 valence electrons. The van der Waals surface area contributed by atoms with Crippen molar-refractivity contribution in [1.29, 1.82) is 0 Å². The number of nitro groups is 1. The molecular formula is C24H19N3O5. The van der Waals surface area contributed by atoms with Crippen LogP contribution in [0.3, 0.4) is 0 Å². The van der Waals surface area contributed by atoms with Crippen molar-refractivity contribution < 1.29 is 19.2 Å². The van der Waals surface area contributed by atoms with E-state index in [0.29, 0.717) is 28.6 Å². The van der Waals surface area contributed by atoms with Gasteiger partial charge in [-0.25, -0.2) is 4.79 Å². The summed E-state index contributed by atoms with van der Waals surface area (Å²) in [5.74, 6) is 1.74. The number of anilines is 2. The lowest BCUT2D eigenvalue weighted by Gasteiger charge is -2.13. The lowest BCUT2D eigenvalue weighted by molar-refractivity contribution is -0.384. The van der Waals surface area contributed by atoms with Gasteiger partial charge in [0.15, 0.2) is 0 Å². The summed E-state index contributed by atoms with van der Waals surface area (Å²) >= 11 is 0. The third-order valence-electron chi connectivity index (χ3n) is 4.75. The van der Waals surface area contributed by atoms with Crippen LogP contribution in [0.25, 0.3) is 10.8 Å². The summed E-state index contributed by atoms with van der Waals surface area (Å²) in [6.07, 6.45) is 0. The molecule has 0 unspecified atom stereocenters. The molecular weight excluding hydrogens is 410 g/mol. The molecule has 0 heterocycles. The number of methoxy groups -OCH3 is 1. The predicted molar refractivity (Wildman–Crippen MR) is 123 cm³/mol. The first-order chi connectivity index (χ1) is 15.5. The molecule has 4 aromatic rings. The molecule has 4 rings (SSSR count). The third kappa shape index (κ3) is 4.59. The lowest BCUT2D eigenvalue weighted by Crippen LogP contribution is -2.19. The van der Waals surface area contributed by atoms with Gasteiger partial charge in [-0.15, -0.1) is 0 Å². The summed E-state index contributed by atoms with van der Waals surface area (Å²) in [5.41, 5.74) is 1.23. The van der Waals surface area contributed by atoms with Gasteiger partial charge in [0, 0.05) is 28.6 Å². The van der Waals surface area contributed by atoms with E-state index in [9.17, 15) is 14.9 Å². The van der Waals surface area contributed by atoms with E-state index in [1.54, 1.807) is 55.6 Å². The van der Waals surface area contributed by atoms with E-state index in [4.69, 9.17) is 9.47 Å². The molecule has 0 saturated heterocycles. The summed E-state index contributed by atoms with van der Waals surface area (Å²) in [7, 11) is 1.58.